The minimum absolute atomic E-state index is 0.0449. The molecule has 0 atom stereocenters. The van der Waals surface area contributed by atoms with Gasteiger partial charge >= 0.3 is 0 Å². The number of hydrogen-bond acceptors (Lipinski definition) is 4. The van der Waals surface area contributed by atoms with Gasteiger partial charge in [-0.15, -0.1) is 0 Å². The fraction of sp³-hybridized carbons (Fsp3) is 0.231. The third-order valence-corrected chi connectivity index (χ3v) is 3.42. The molecular weight excluding hydrogens is 267 g/mol. The van der Waals surface area contributed by atoms with Gasteiger partial charge in [0.2, 0.25) is 5.88 Å². The van der Waals surface area contributed by atoms with E-state index in [1.165, 1.54) is 18.2 Å². The Bertz CT molecular complexity index is 643. The van der Waals surface area contributed by atoms with Crippen LogP contribution in [-0.2, 0) is 5.75 Å². The maximum absolute atomic E-state index is 13.6. The monoisotopic (exact) mass is 280 g/mol. The average Bonchev–Trinajstić information content (AvgIpc) is 2.38. The number of hydrogen-bond donors (Lipinski definition) is 2. The molecule has 0 radical (unpaired) electrons. The van der Waals surface area contributed by atoms with E-state index in [9.17, 15) is 14.3 Å². The summed E-state index contributed by atoms with van der Waals surface area (Å²) in [6.07, 6.45) is 0. The number of halogens is 1. The molecule has 0 aliphatic rings. The fourth-order valence-electron chi connectivity index (χ4n) is 1.68. The third kappa shape index (κ3) is 2.96. The standard InChI is InChI=1S/C13H13FN2O2S/c1-2-19-7-10-15-12(17)11(13(18)16-10)8-5-3-4-6-9(8)14/h3-6H,2,7H2,1H3,(H2,15,16,17,18). The Balaban J connectivity index is 2.49. The minimum atomic E-state index is -0.569. The summed E-state index contributed by atoms with van der Waals surface area (Å²) in [5.41, 5.74) is -0.629. The highest BCUT2D eigenvalue weighted by molar-refractivity contribution is 7.98. The van der Waals surface area contributed by atoms with Crippen molar-refractivity contribution < 1.29 is 9.50 Å². The Hall–Kier alpha value is -1.82. The zero-order chi connectivity index (χ0) is 13.8. The van der Waals surface area contributed by atoms with E-state index in [-0.39, 0.29) is 11.1 Å². The second kappa shape index (κ2) is 5.88. The number of benzene rings is 1. The topological polar surface area (TPSA) is 66.0 Å². The van der Waals surface area contributed by atoms with Gasteiger partial charge in [0.25, 0.3) is 5.56 Å². The normalized spacial score (nSPS) is 10.6. The summed E-state index contributed by atoms with van der Waals surface area (Å²) in [5, 5.41) is 9.84. The van der Waals surface area contributed by atoms with Crippen LogP contribution in [0, 0.1) is 5.82 Å². The van der Waals surface area contributed by atoms with Crippen LogP contribution in [0.5, 0.6) is 5.88 Å². The molecule has 0 spiro atoms. The molecule has 0 unspecified atom stereocenters. The molecule has 0 aliphatic carbocycles. The summed E-state index contributed by atoms with van der Waals surface area (Å²) in [6, 6.07) is 5.78. The van der Waals surface area contributed by atoms with Crippen LogP contribution in [0.4, 0.5) is 4.39 Å². The summed E-state index contributed by atoms with van der Waals surface area (Å²) in [6.45, 7) is 1.98. The number of aromatic nitrogens is 2. The maximum atomic E-state index is 13.6. The molecule has 6 heteroatoms. The molecule has 2 aromatic rings. The number of nitrogens with one attached hydrogen (secondary N) is 1. The van der Waals surface area contributed by atoms with Gasteiger partial charge in [-0.05, 0) is 11.8 Å². The Morgan fingerprint density at radius 2 is 2.16 bits per heavy atom. The van der Waals surface area contributed by atoms with Crippen molar-refractivity contribution in [1.82, 2.24) is 9.97 Å². The number of H-pyrrole nitrogens is 1. The second-order valence-electron chi connectivity index (χ2n) is 3.83. The first kappa shape index (κ1) is 13.6. The van der Waals surface area contributed by atoms with Gasteiger partial charge in [-0.1, -0.05) is 25.1 Å². The Morgan fingerprint density at radius 1 is 1.42 bits per heavy atom. The quantitative estimate of drug-likeness (QED) is 0.903. The molecule has 0 fully saturated rings. The SMILES string of the molecule is CCSCc1nc(O)c(-c2ccccc2F)c(=O)[nH]1. The van der Waals surface area contributed by atoms with Crippen molar-refractivity contribution in [1.29, 1.82) is 0 Å². The zero-order valence-electron chi connectivity index (χ0n) is 10.3. The van der Waals surface area contributed by atoms with Crippen molar-refractivity contribution in [3.05, 3.63) is 46.3 Å². The van der Waals surface area contributed by atoms with Gasteiger partial charge in [-0.3, -0.25) is 4.79 Å². The minimum Gasteiger partial charge on any atom is -0.493 e. The molecule has 0 saturated carbocycles. The molecule has 1 aromatic heterocycles. The van der Waals surface area contributed by atoms with E-state index in [0.29, 0.717) is 11.6 Å². The van der Waals surface area contributed by atoms with Crippen molar-refractivity contribution in [2.75, 3.05) is 5.75 Å². The average molecular weight is 280 g/mol. The van der Waals surface area contributed by atoms with Crippen molar-refractivity contribution >= 4 is 11.8 Å². The van der Waals surface area contributed by atoms with Gasteiger partial charge in [0.05, 0.1) is 5.75 Å². The van der Waals surface area contributed by atoms with Gasteiger partial charge in [0, 0.05) is 5.56 Å². The second-order valence-corrected chi connectivity index (χ2v) is 5.10. The smallest absolute Gasteiger partial charge is 0.262 e. The van der Waals surface area contributed by atoms with Crippen LogP contribution in [0.3, 0.4) is 0 Å². The van der Waals surface area contributed by atoms with E-state index in [1.54, 1.807) is 17.8 Å². The van der Waals surface area contributed by atoms with Crippen LogP contribution >= 0.6 is 11.8 Å². The zero-order valence-corrected chi connectivity index (χ0v) is 11.1. The van der Waals surface area contributed by atoms with Crippen molar-refractivity contribution in [2.24, 2.45) is 0 Å². The molecule has 2 N–H and O–H groups in total. The first-order valence-corrected chi connectivity index (χ1v) is 6.93. The predicted molar refractivity (Wildman–Crippen MR) is 73.8 cm³/mol. The van der Waals surface area contributed by atoms with Crippen molar-refractivity contribution in [3.8, 4) is 17.0 Å². The molecule has 100 valence electrons. The highest BCUT2D eigenvalue weighted by Crippen LogP contribution is 2.26. The first-order chi connectivity index (χ1) is 9.13. The van der Waals surface area contributed by atoms with Crippen LogP contribution in [0.1, 0.15) is 12.7 Å². The summed E-state index contributed by atoms with van der Waals surface area (Å²) < 4.78 is 13.6. The van der Waals surface area contributed by atoms with E-state index in [0.717, 1.165) is 5.75 Å². The molecule has 1 heterocycles. The van der Waals surface area contributed by atoms with Gasteiger partial charge < -0.3 is 10.1 Å². The molecule has 0 aliphatic heterocycles. The predicted octanol–water partition coefficient (Wildman–Crippen LogP) is 2.53. The van der Waals surface area contributed by atoms with E-state index < -0.39 is 17.3 Å². The van der Waals surface area contributed by atoms with E-state index >= 15 is 0 Å². The fourth-order valence-corrected chi connectivity index (χ4v) is 2.21. The summed E-state index contributed by atoms with van der Waals surface area (Å²) in [4.78, 5) is 18.4. The Labute approximate surface area is 113 Å². The Kier molecular flexibility index (Phi) is 4.21. The molecule has 1 aromatic carbocycles. The lowest BCUT2D eigenvalue weighted by atomic mass is 10.1. The number of thioether (sulfide) groups is 1. The lowest BCUT2D eigenvalue weighted by molar-refractivity contribution is 0.450. The number of rotatable bonds is 4. The van der Waals surface area contributed by atoms with Gasteiger partial charge in [0.1, 0.15) is 17.2 Å². The summed E-state index contributed by atoms with van der Waals surface area (Å²) in [7, 11) is 0. The number of aromatic hydroxyl groups is 1. The molecular formula is C13H13FN2O2S. The molecule has 4 nitrogen and oxygen atoms in total. The maximum Gasteiger partial charge on any atom is 0.262 e. The van der Waals surface area contributed by atoms with Gasteiger partial charge in [-0.2, -0.15) is 16.7 Å². The molecule has 0 bridgehead atoms. The third-order valence-electron chi connectivity index (χ3n) is 2.54. The number of nitrogens with zero attached hydrogens (tertiary/aromatic N) is 1. The van der Waals surface area contributed by atoms with E-state index in [4.69, 9.17) is 0 Å². The van der Waals surface area contributed by atoms with Crippen LogP contribution in [0.25, 0.3) is 11.1 Å². The Morgan fingerprint density at radius 3 is 2.79 bits per heavy atom. The molecule has 2 rings (SSSR count). The van der Waals surface area contributed by atoms with Crippen molar-refractivity contribution in [3.63, 3.8) is 0 Å². The largest absolute Gasteiger partial charge is 0.493 e. The molecule has 0 saturated heterocycles. The van der Waals surface area contributed by atoms with E-state index in [2.05, 4.69) is 9.97 Å². The number of aromatic amines is 1. The summed E-state index contributed by atoms with van der Waals surface area (Å²) in [5.74, 6) is 0.743. The van der Waals surface area contributed by atoms with Crippen LogP contribution in [0.15, 0.2) is 29.1 Å². The molecule has 19 heavy (non-hydrogen) atoms. The highest BCUT2D eigenvalue weighted by Gasteiger charge is 2.15. The van der Waals surface area contributed by atoms with Crippen LogP contribution in [0.2, 0.25) is 0 Å². The van der Waals surface area contributed by atoms with Gasteiger partial charge in [0.15, 0.2) is 0 Å². The summed E-state index contributed by atoms with van der Waals surface area (Å²) >= 11 is 1.57. The lowest BCUT2D eigenvalue weighted by Crippen LogP contribution is -2.14. The highest BCUT2D eigenvalue weighted by atomic mass is 32.2. The van der Waals surface area contributed by atoms with E-state index in [1.807, 2.05) is 6.92 Å². The lowest BCUT2D eigenvalue weighted by Gasteiger charge is -2.06. The first-order valence-electron chi connectivity index (χ1n) is 5.78. The van der Waals surface area contributed by atoms with Crippen LogP contribution in [-0.4, -0.2) is 20.8 Å². The van der Waals surface area contributed by atoms with Crippen LogP contribution < -0.4 is 5.56 Å². The van der Waals surface area contributed by atoms with Gasteiger partial charge in [-0.25, -0.2) is 4.39 Å². The van der Waals surface area contributed by atoms with Crippen molar-refractivity contribution in [2.45, 2.75) is 12.7 Å². The molecule has 0 amide bonds.